The van der Waals surface area contributed by atoms with Crippen molar-refractivity contribution < 1.29 is 17.9 Å². The van der Waals surface area contributed by atoms with Gasteiger partial charge in [0, 0.05) is 23.9 Å². The third-order valence-electron chi connectivity index (χ3n) is 2.05. The first-order valence-electron chi connectivity index (χ1n) is 5.13. The van der Waals surface area contributed by atoms with Crippen molar-refractivity contribution in [3.8, 4) is 0 Å². The van der Waals surface area contributed by atoms with Crippen LogP contribution in [0.4, 0.5) is 18.9 Å². The van der Waals surface area contributed by atoms with Crippen LogP contribution in [0.15, 0.2) is 18.2 Å². The van der Waals surface area contributed by atoms with Crippen LogP contribution in [-0.2, 0) is 10.9 Å². The van der Waals surface area contributed by atoms with Crippen LogP contribution in [0.2, 0.25) is 5.02 Å². The number of anilines is 1. The van der Waals surface area contributed by atoms with E-state index in [1.807, 2.05) is 6.92 Å². The molecule has 0 bridgehead atoms. The molecule has 0 saturated heterocycles. The van der Waals surface area contributed by atoms with Gasteiger partial charge in [0.15, 0.2) is 0 Å². The minimum Gasteiger partial charge on any atom is -0.382 e. The summed E-state index contributed by atoms with van der Waals surface area (Å²) in [7, 11) is 0. The number of alkyl halides is 3. The molecule has 0 amide bonds. The Morgan fingerprint density at radius 3 is 2.65 bits per heavy atom. The van der Waals surface area contributed by atoms with Crippen LogP contribution in [0.25, 0.3) is 0 Å². The minimum absolute atomic E-state index is 0.0154. The van der Waals surface area contributed by atoms with Gasteiger partial charge in [0.25, 0.3) is 0 Å². The van der Waals surface area contributed by atoms with Crippen molar-refractivity contribution in [2.75, 3.05) is 25.1 Å². The predicted octanol–water partition coefficient (Wildman–Crippen LogP) is 3.81. The zero-order chi connectivity index (χ0) is 12.9. The van der Waals surface area contributed by atoms with Crippen molar-refractivity contribution in [2.45, 2.75) is 13.1 Å². The van der Waals surface area contributed by atoms with Crippen LogP contribution < -0.4 is 5.32 Å². The topological polar surface area (TPSA) is 21.3 Å². The first-order chi connectivity index (χ1) is 7.95. The average molecular weight is 268 g/mol. The Morgan fingerprint density at radius 1 is 1.35 bits per heavy atom. The van der Waals surface area contributed by atoms with Gasteiger partial charge in [-0.25, -0.2) is 0 Å². The number of hydrogen-bond acceptors (Lipinski definition) is 2. The molecule has 96 valence electrons. The summed E-state index contributed by atoms with van der Waals surface area (Å²) >= 11 is 5.55. The van der Waals surface area contributed by atoms with E-state index in [0.717, 1.165) is 6.07 Å². The summed E-state index contributed by atoms with van der Waals surface area (Å²) in [6, 6.07) is 3.64. The fraction of sp³-hybridized carbons (Fsp3) is 0.455. The summed E-state index contributed by atoms with van der Waals surface area (Å²) in [5.74, 6) is 0. The number of rotatable bonds is 5. The van der Waals surface area contributed by atoms with Gasteiger partial charge in [-0.15, -0.1) is 0 Å². The smallest absolute Gasteiger partial charge is 0.382 e. The Morgan fingerprint density at radius 2 is 2.06 bits per heavy atom. The maximum atomic E-state index is 12.7. The highest BCUT2D eigenvalue weighted by atomic mass is 35.5. The van der Waals surface area contributed by atoms with E-state index in [9.17, 15) is 13.2 Å². The molecule has 0 unspecified atom stereocenters. The molecule has 0 heterocycles. The normalized spacial score (nSPS) is 11.6. The molecule has 0 atom stereocenters. The monoisotopic (exact) mass is 267 g/mol. The van der Waals surface area contributed by atoms with Gasteiger partial charge in [0.05, 0.1) is 12.2 Å². The van der Waals surface area contributed by atoms with E-state index >= 15 is 0 Å². The SMILES string of the molecule is CCOCCNc1ccc(Cl)cc1C(F)(F)F. The van der Waals surface area contributed by atoms with Crippen LogP contribution in [0.5, 0.6) is 0 Å². The molecule has 1 aromatic rings. The zero-order valence-electron chi connectivity index (χ0n) is 9.27. The molecule has 1 rings (SSSR count). The van der Waals surface area contributed by atoms with Crippen molar-refractivity contribution in [3.63, 3.8) is 0 Å². The lowest BCUT2D eigenvalue weighted by Gasteiger charge is -2.14. The van der Waals surface area contributed by atoms with Crippen molar-refractivity contribution >= 4 is 17.3 Å². The molecule has 0 fully saturated rings. The van der Waals surface area contributed by atoms with Crippen molar-refractivity contribution in [1.29, 1.82) is 0 Å². The summed E-state index contributed by atoms with van der Waals surface area (Å²) in [5, 5.41) is 2.74. The van der Waals surface area contributed by atoms with Gasteiger partial charge in [0.2, 0.25) is 0 Å². The molecule has 1 N–H and O–H groups in total. The fourth-order valence-corrected chi connectivity index (χ4v) is 1.48. The highest BCUT2D eigenvalue weighted by Crippen LogP contribution is 2.36. The molecule has 2 nitrogen and oxygen atoms in total. The number of nitrogens with one attached hydrogen (secondary N) is 1. The van der Waals surface area contributed by atoms with E-state index in [1.54, 1.807) is 0 Å². The van der Waals surface area contributed by atoms with Gasteiger partial charge in [-0.2, -0.15) is 13.2 Å². The summed E-state index contributed by atoms with van der Waals surface area (Å²) in [6.45, 7) is 3.03. The van der Waals surface area contributed by atoms with Gasteiger partial charge < -0.3 is 10.1 Å². The zero-order valence-corrected chi connectivity index (χ0v) is 10.0. The quantitative estimate of drug-likeness (QED) is 0.819. The van der Waals surface area contributed by atoms with E-state index in [2.05, 4.69) is 5.32 Å². The molecular weight excluding hydrogens is 255 g/mol. The van der Waals surface area contributed by atoms with E-state index in [4.69, 9.17) is 16.3 Å². The Kier molecular flexibility index (Phi) is 5.08. The molecule has 0 aliphatic carbocycles. The number of hydrogen-bond donors (Lipinski definition) is 1. The molecule has 1 aromatic carbocycles. The lowest BCUT2D eigenvalue weighted by molar-refractivity contribution is -0.136. The molecule has 0 aliphatic rings. The van der Waals surface area contributed by atoms with E-state index < -0.39 is 11.7 Å². The maximum absolute atomic E-state index is 12.7. The Labute approximate surface area is 103 Å². The first kappa shape index (κ1) is 14.1. The summed E-state index contributed by atoms with van der Waals surface area (Å²) < 4.78 is 43.1. The van der Waals surface area contributed by atoms with Gasteiger partial charge in [-0.3, -0.25) is 0 Å². The number of benzene rings is 1. The lowest BCUT2D eigenvalue weighted by atomic mass is 10.1. The van der Waals surface area contributed by atoms with E-state index in [-0.39, 0.29) is 10.7 Å². The average Bonchev–Trinajstić information content (AvgIpc) is 2.25. The molecule has 6 heteroatoms. The number of halogens is 4. The molecule has 0 radical (unpaired) electrons. The molecule has 0 aliphatic heterocycles. The van der Waals surface area contributed by atoms with Gasteiger partial charge >= 0.3 is 6.18 Å². The predicted molar refractivity (Wildman–Crippen MR) is 61.4 cm³/mol. The van der Waals surface area contributed by atoms with Crippen LogP contribution in [0, 0.1) is 0 Å². The second kappa shape index (κ2) is 6.12. The van der Waals surface area contributed by atoms with E-state index in [1.165, 1.54) is 12.1 Å². The molecular formula is C11H13ClF3NO. The largest absolute Gasteiger partial charge is 0.418 e. The lowest BCUT2D eigenvalue weighted by Crippen LogP contribution is -2.14. The van der Waals surface area contributed by atoms with Crippen molar-refractivity contribution in [3.05, 3.63) is 28.8 Å². The van der Waals surface area contributed by atoms with Crippen molar-refractivity contribution in [1.82, 2.24) is 0 Å². The Balaban J connectivity index is 2.77. The van der Waals surface area contributed by atoms with Crippen molar-refractivity contribution in [2.24, 2.45) is 0 Å². The van der Waals surface area contributed by atoms with Crippen LogP contribution >= 0.6 is 11.6 Å². The first-order valence-corrected chi connectivity index (χ1v) is 5.51. The summed E-state index contributed by atoms with van der Waals surface area (Å²) in [4.78, 5) is 0. The van der Waals surface area contributed by atoms with Gasteiger partial charge in [-0.05, 0) is 25.1 Å². The highest BCUT2D eigenvalue weighted by Gasteiger charge is 2.33. The molecule has 0 aromatic heterocycles. The second-order valence-electron chi connectivity index (χ2n) is 3.31. The van der Waals surface area contributed by atoms with Crippen LogP contribution in [0.3, 0.4) is 0 Å². The summed E-state index contributed by atoms with van der Waals surface area (Å²) in [6.07, 6.45) is -4.42. The minimum atomic E-state index is -4.42. The third-order valence-corrected chi connectivity index (χ3v) is 2.29. The summed E-state index contributed by atoms with van der Waals surface area (Å²) in [5.41, 5.74) is -0.747. The maximum Gasteiger partial charge on any atom is 0.418 e. The fourth-order valence-electron chi connectivity index (χ4n) is 1.31. The van der Waals surface area contributed by atoms with Gasteiger partial charge in [-0.1, -0.05) is 11.6 Å². The standard InChI is InChI=1S/C11H13ClF3NO/c1-2-17-6-5-16-10-4-3-8(12)7-9(10)11(13,14)15/h3-4,7,16H,2,5-6H2,1H3. The molecule has 0 spiro atoms. The highest BCUT2D eigenvalue weighted by molar-refractivity contribution is 6.30. The van der Waals surface area contributed by atoms with Gasteiger partial charge in [0.1, 0.15) is 0 Å². The Bertz CT molecular complexity index is 368. The third kappa shape index (κ3) is 4.44. The van der Waals surface area contributed by atoms with E-state index in [0.29, 0.717) is 19.8 Å². The second-order valence-corrected chi connectivity index (χ2v) is 3.75. The Hall–Kier alpha value is -0.940. The number of ether oxygens (including phenoxy) is 1. The van der Waals surface area contributed by atoms with Crippen LogP contribution in [0.1, 0.15) is 12.5 Å². The molecule has 17 heavy (non-hydrogen) atoms. The molecule has 0 saturated carbocycles. The van der Waals surface area contributed by atoms with Crippen LogP contribution in [-0.4, -0.2) is 19.8 Å².